The molecule has 0 aromatic heterocycles. The average Bonchev–Trinajstić information content (AvgIpc) is 2.60. The van der Waals surface area contributed by atoms with Gasteiger partial charge in [0, 0.05) is 12.5 Å². The number of nitro groups is 1. The maximum Gasteiger partial charge on any atom is 0.344 e. The lowest BCUT2D eigenvalue weighted by molar-refractivity contribution is -0.385. The number of methoxy groups -OCH3 is 1. The van der Waals surface area contributed by atoms with Crippen LogP contribution in [0, 0.1) is 10.1 Å². The second kappa shape index (κ2) is 8.52. The lowest BCUT2D eigenvalue weighted by atomic mass is 10.1. The molecule has 0 aliphatic heterocycles. The second-order valence-electron chi connectivity index (χ2n) is 4.83. The van der Waals surface area contributed by atoms with E-state index in [1.54, 1.807) is 13.2 Å². The summed E-state index contributed by atoms with van der Waals surface area (Å²) in [7, 11) is 1.59. The minimum atomic E-state index is -0.582. The Hall–Kier alpha value is -3.09. The van der Waals surface area contributed by atoms with Crippen molar-refractivity contribution in [2.24, 2.45) is 0 Å². The van der Waals surface area contributed by atoms with Gasteiger partial charge in [-0.05, 0) is 23.8 Å². The second-order valence-corrected chi connectivity index (χ2v) is 4.83. The monoisotopic (exact) mass is 331 g/mol. The van der Waals surface area contributed by atoms with Crippen molar-refractivity contribution in [2.45, 2.75) is 6.42 Å². The van der Waals surface area contributed by atoms with Crippen molar-refractivity contribution >= 4 is 11.7 Å². The highest BCUT2D eigenvalue weighted by molar-refractivity contribution is 5.71. The first kappa shape index (κ1) is 17.3. The highest BCUT2D eigenvalue weighted by atomic mass is 16.6. The van der Waals surface area contributed by atoms with Gasteiger partial charge in [0.15, 0.2) is 12.4 Å². The van der Waals surface area contributed by atoms with Crippen LogP contribution in [0.25, 0.3) is 0 Å². The Kier molecular flexibility index (Phi) is 6.13. The Morgan fingerprint density at radius 1 is 1.12 bits per heavy atom. The summed E-state index contributed by atoms with van der Waals surface area (Å²) in [6.07, 6.45) is 0.557. The third kappa shape index (κ3) is 4.98. The van der Waals surface area contributed by atoms with Crippen LogP contribution >= 0.6 is 0 Å². The van der Waals surface area contributed by atoms with E-state index in [0.29, 0.717) is 6.42 Å². The van der Waals surface area contributed by atoms with Gasteiger partial charge < -0.3 is 14.2 Å². The van der Waals surface area contributed by atoms with Crippen molar-refractivity contribution < 1.29 is 23.9 Å². The molecule has 0 aliphatic carbocycles. The molecule has 2 rings (SSSR count). The molecule has 2 aromatic rings. The van der Waals surface area contributed by atoms with E-state index in [0.717, 1.165) is 11.3 Å². The van der Waals surface area contributed by atoms with Gasteiger partial charge in [-0.3, -0.25) is 10.1 Å². The zero-order valence-corrected chi connectivity index (χ0v) is 13.1. The number of nitro benzene ring substituents is 1. The van der Waals surface area contributed by atoms with Crippen molar-refractivity contribution in [3.8, 4) is 11.5 Å². The third-order valence-electron chi connectivity index (χ3n) is 3.22. The summed E-state index contributed by atoms with van der Waals surface area (Å²) in [5, 5.41) is 10.8. The van der Waals surface area contributed by atoms with Crippen molar-refractivity contribution in [1.82, 2.24) is 0 Å². The topological polar surface area (TPSA) is 87.9 Å². The largest absolute Gasteiger partial charge is 0.497 e. The fraction of sp³-hybridized carbons (Fsp3) is 0.235. The van der Waals surface area contributed by atoms with Crippen LogP contribution in [0.5, 0.6) is 11.5 Å². The molecule has 24 heavy (non-hydrogen) atoms. The molecular weight excluding hydrogens is 314 g/mol. The van der Waals surface area contributed by atoms with E-state index in [9.17, 15) is 14.9 Å². The molecule has 7 nitrogen and oxygen atoms in total. The minimum absolute atomic E-state index is 0.0367. The van der Waals surface area contributed by atoms with Crippen LogP contribution in [0.4, 0.5) is 5.69 Å². The van der Waals surface area contributed by atoms with E-state index >= 15 is 0 Å². The van der Waals surface area contributed by atoms with E-state index in [4.69, 9.17) is 14.2 Å². The molecule has 0 atom stereocenters. The van der Waals surface area contributed by atoms with Crippen molar-refractivity contribution in [3.63, 3.8) is 0 Å². The van der Waals surface area contributed by atoms with Crippen LogP contribution in [0.2, 0.25) is 0 Å². The summed E-state index contributed by atoms with van der Waals surface area (Å²) in [4.78, 5) is 21.9. The van der Waals surface area contributed by atoms with Gasteiger partial charge in [0.25, 0.3) is 0 Å². The van der Waals surface area contributed by atoms with Gasteiger partial charge >= 0.3 is 11.7 Å². The summed E-state index contributed by atoms with van der Waals surface area (Å²) in [6.45, 7) is -0.182. The summed E-state index contributed by atoms with van der Waals surface area (Å²) >= 11 is 0. The Labute approximate surface area is 138 Å². The van der Waals surface area contributed by atoms with E-state index in [1.807, 2.05) is 24.3 Å². The number of nitrogens with zero attached hydrogens (tertiary/aromatic N) is 1. The lowest BCUT2D eigenvalue weighted by Crippen LogP contribution is -2.16. The van der Waals surface area contributed by atoms with Gasteiger partial charge in [-0.2, -0.15) is 0 Å². The molecular formula is C17H17NO6. The van der Waals surface area contributed by atoms with Crippen molar-refractivity contribution in [3.05, 3.63) is 64.2 Å². The van der Waals surface area contributed by atoms with Crippen molar-refractivity contribution in [2.75, 3.05) is 20.3 Å². The molecule has 0 amide bonds. The Bertz CT molecular complexity index is 698. The molecule has 0 unspecified atom stereocenters. The van der Waals surface area contributed by atoms with Crippen LogP contribution in [-0.2, 0) is 16.0 Å². The van der Waals surface area contributed by atoms with E-state index < -0.39 is 10.9 Å². The quantitative estimate of drug-likeness (QED) is 0.420. The first-order valence-electron chi connectivity index (χ1n) is 7.25. The summed E-state index contributed by atoms with van der Waals surface area (Å²) in [6, 6.07) is 13.3. The zero-order chi connectivity index (χ0) is 17.4. The normalized spacial score (nSPS) is 10.0. The van der Waals surface area contributed by atoms with E-state index in [-0.39, 0.29) is 24.7 Å². The summed E-state index contributed by atoms with van der Waals surface area (Å²) < 4.78 is 15.3. The number of esters is 1. The molecule has 0 N–H and O–H groups in total. The number of carbonyl (C=O) groups is 1. The highest BCUT2D eigenvalue weighted by Gasteiger charge is 2.15. The molecule has 0 radical (unpaired) electrons. The summed E-state index contributed by atoms with van der Waals surface area (Å²) in [5.74, 6) is 0.213. The molecule has 126 valence electrons. The number of hydrogen-bond acceptors (Lipinski definition) is 6. The summed E-state index contributed by atoms with van der Waals surface area (Å²) in [5.41, 5.74) is 0.812. The number of hydrogen-bond donors (Lipinski definition) is 0. The molecule has 0 saturated carbocycles. The van der Waals surface area contributed by atoms with Crippen LogP contribution in [-0.4, -0.2) is 31.2 Å². The van der Waals surface area contributed by atoms with Gasteiger partial charge in [0.2, 0.25) is 0 Å². The maximum absolute atomic E-state index is 11.7. The van der Waals surface area contributed by atoms with Crippen LogP contribution in [0.15, 0.2) is 48.5 Å². The number of ether oxygens (including phenoxy) is 3. The molecule has 0 heterocycles. The number of carbonyl (C=O) groups excluding carboxylic acids is 1. The van der Waals surface area contributed by atoms with E-state index in [2.05, 4.69) is 0 Å². The Morgan fingerprint density at radius 2 is 1.83 bits per heavy atom. The highest BCUT2D eigenvalue weighted by Crippen LogP contribution is 2.25. The zero-order valence-electron chi connectivity index (χ0n) is 13.1. The van der Waals surface area contributed by atoms with Gasteiger partial charge in [0.1, 0.15) is 5.75 Å². The van der Waals surface area contributed by atoms with E-state index in [1.165, 1.54) is 18.2 Å². The van der Waals surface area contributed by atoms with Gasteiger partial charge in [-0.15, -0.1) is 0 Å². The standard InChI is InChI=1S/C17H17NO6/c1-22-14-8-6-13(7-9-14)10-11-23-17(19)12-24-16-5-3-2-4-15(16)18(20)21/h2-9H,10-12H2,1H3. The van der Waals surface area contributed by atoms with Crippen LogP contribution in [0.3, 0.4) is 0 Å². The Balaban J connectivity index is 1.76. The van der Waals surface area contributed by atoms with Gasteiger partial charge in [-0.1, -0.05) is 24.3 Å². The molecule has 0 aliphatic rings. The fourth-order valence-electron chi connectivity index (χ4n) is 1.98. The first-order chi connectivity index (χ1) is 11.6. The Morgan fingerprint density at radius 3 is 2.50 bits per heavy atom. The fourth-order valence-corrected chi connectivity index (χ4v) is 1.98. The molecule has 2 aromatic carbocycles. The lowest BCUT2D eigenvalue weighted by Gasteiger charge is -2.08. The van der Waals surface area contributed by atoms with Crippen LogP contribution in [0.1, 0.15) is 5.56 Å². The SMILES string of the molecule is COc1ccc(CCOC(=O)COc2ccccc2[N+](=O)[O-])cc1. The van der Waals surface area contributed by atoms with Gasteiger partial charge in [0.05, 0.1) is 18.6 Å². The number of para-hydroxylation sites is 2. The van der Waals surface area contributed by atoms with Crippen molar-refractivity contribution in [1.29, 1.82) is 0 Å². The van der Waals surface area contributed by atoms with Crippen LogP contribution < -0.4 is 9.47 Å². The molecule has 0 saturated heterocycles. The molecule has 0 fully saturated rings. The first-order valence-corrected chi connectivity index (χ1v) is 7.25. The number of rotatable bonds is 8. The molecule has 0 bridgehead atoms. The number of benzene rings is 2. The maximum atomic E-state index is 11.7. The van der Waals surface area contributed by atoms with Gasteiger partial charge in [-0.25, -0.2) is 4.79 Å². The molecule has 0 spiro atoms. The third-order valence-corrected chi connectivity index (χ3v) is 3.22. The molecule has 7 heteroatoms. The predicted molar refractivity (Wildman–Crippen MR) is 86.2 cm³/mol. The minimum Gasteiger partial charge on any atom is -0.497 e. The predicted octanol–water partition coefficient (Wildman–Crippen LogP) is 2.77. The average molecular weight is 331 g/mol. The smallest absolute Gasteiger partial charge is 0.344 e.